The quantitative estimate of drug-likeness (QED) is 0.472. The van der Waals surface area contributed by atoms with Crippen LogP contribution in [0.2, 0.25) is 0 Å². The number of anilines is 1. The molecule has 35 heavy (non-hydrogen) atoms. The Labute approximate surface area is 214 Å². The molecule has 0 fully saturated rings. The fourth-order valence-corrected chi connectivity index (χ4v) is 4.82. The van der Waals surface area contributed by atoms with E-state index in [9.17, 15) is 18.0 Å². The molecule has 190 valence electrons. The standard InChI is InChI=1S/C24H30BrN3O6S/c1-5-16(2)26-24(30)17(3)27(13-18-7-6-8-19(25)11-18)23(29)14-28(35(4,31)32)20-9-10-21-22(12-20)34-15-33-21/h6-12,16-17H,5,13-15H2,1-4H3,(H,26,30)/t16-,17+/m1/s1. The number of halogens is 1. The topological polar surface area (TPSA) is 105 Å². The number of sulfonamides is 1. The zero-order valence-corrected chi connectivity index (χ0v) is 22.6. The van der Waals surface area contributed by atoms with Crippen LogP contribution in [0.25, 0.3) is 0 Å². The molecule has 2 aromatic rings. The molecule has 2 aromatic carbocycles. The smallest absolute Gasteiger partial charge is 0.244 e. The van der Waals surface area contributed by atoms with Crippen molar-refractivity contribution in [3.05, 3.63) is 52.5 Å². The SMILES string of the molecule is CC[C@@H](C)NC(=O)[C@H](C)N(Cc1cccc(Br)c1)C(=O)CN(c1ccc2c(c1)OCO2)S(C)(=O)=O. The van der Waals surface area contributed by atoms with Crippen molar-refractivity contribution in [3.63, 3.8) is 0 Å². The Morgan fingerprint density at radius 3 is 2.49 bits per heavy atom. The maximum atomic E-state index is 13.6. The minimum Gasteiger partial charge on any atom is -0.454 e. The number of amides is 2. The van der Waals surface area contributed by atoms with Crippen LogP contribution < -0.4 is 19.1 Å². The molecule has 0 aliphatic carbocycles. The van der Waals surface area contributed by atoms with Crippen LogP contribution in [0.15, 0.2) is 46.9 Å². The summed E-state index contributed by atoms with van der Waals surface area (Å²) < 4.78 is 37.9. The number of benzene rings is 2. The van der Waals surface area contributed by atoms with Gasteiger partial charge in [-0.3, -0.25) is 13.9 Å². The second-order valence-electron chi connectivity index (χ2n) is 8.45. The fraction of sp³-hybridized carbons (Fsp3) is 0.417. The van der Waals surface area contributed by atoms with Crippen molar-refractivity contribution >= 4 is 43.5 Å². The van der Waals surface area contributed by atoms with Crippen LogP contribution in [-0.4, -0.2) is 56.8 Å². The number of hydrogen-bond acceptors (Lipinski definition) is 6. The van der Waals surface area contributed by atoms with E-state index in [-0.39, 0.29) is 31.0 Å². The van der Waals surface area contributed by atoms with Gasteiger partial charge in [0.2, 0.25) is 28.6 Å². The minimum absolute atomic E-state index is 0.0415. The van der Waals surface area contributed by atoms with Crippen molar-refractivity contribution in [2.24, 2.45) is 0 Å². The maximum Gasteiger partial charge on any atom is 0.244 e. The van der Waals surface area contributed by atoms with Crippen LogP contribution in [0.1, 0.15) is 32.8 Å². The number of ether oxygens (including phenoxy) is 2. The van der Waals surface area contributed by atoms with Crippen LogP contribution in [0.4, 0.5) is 5.69 Å². The molecule has 1 aliphatic rings. The summed E-state index contributed by atoms with van der Waals surface area (Å²) in [6.45, 7) is 5.17. The Morgan fingerprint density at radius 2 is 1.83 bits per heavy atom. The number of fused-ring (bicyclic) bond motifs is 1. The van der Waals surface area contributed by atoms with Crippen LogP contribution in [0, 0.1) is 0 Å². The van der Waals surface area contributed by atoms with E-state index in [1.54, 1.807) is 19.1 Å². The van der Waals surface area contributed by atoms with Gasteiger partial charge < -0.3 is 19.7 Å². The molecule has 0 bridgehead atoms. The molecule has 1 N–H and O–H groups in total. The van der Waals surface area contributed by atoms with Crippen molar-refractivity contribution < 1.29 is 27.5 Å². The molecule has 0 saturated carbocycles. The van der Waals surface area contributed by atoms with E-state index in [1.807, 2.05) is 38.1 Å². The van der Waals surface area contributed by atoms with Gasteiger partial charge in [0, 0.05) is 23.1 Å². The van der Waals surface area contributed by atoms with Crippen LogP contribution in [-0.2, 0) is 26.2 Å². The molecule has 11 heteroatoms. The average molecular weight is 568 g/mol. The number of carbonyl (C=O) groups is 2. The molecule has 0 unspecified atom stereocenters. The molecule has 1 aliphatic heterocycles. The van der Waals surface area contributed by atoms with E-state index < -0.39 is 28.5 Å². The predicted molar refractivity (Wildman–Crippen MR) is 137 cm³/mol. The first-order valence-electron chi connectivity index (χ1n) is 11.2. The molecule has 3 rings (SSSR count). The third kappa shape index (κ3) is 6.88. The zero-order valence-electron chi connectivity index (χ0n) is 20.2. The molecule has 9 nitrogen and oxygen atoms in total. The molecule has 2 amide bonds. The summed E-state index contributed by atoms with van der Waals surface area (Å²) in [5, 5.41) is 2.90. The number of rotatable bonds is 10. The Hall–Kier alpha value is -2.79. The Bertz CT molecular complexity index is 1190. The predicted octanol–water partition coefficient (Wildman–Crippen LogP) is 3.28. The van der Waals surface area contributed by atoms with E-state index in [4.69, 9.17) is 9.47 Å². The average Bonchev–Trinajstić information content (AvgIpc) is 3.27. The monoisotopic (exact) mass is 567 g/mol. The summed E-state index contributed by atoms with van der Waals surface area (Å²) in [5.41, 5.74) is 1.06. The van der Waals surface area contributed by atoms with Crippen LogP contribution >= 0.6 is 15.9 Å². The van der Waals surface area contributed by atoms with Gasteiger partial charge in [0.05, 0.1) is 11.9 Å². The number of carbonyl (C=O) groups excluding carboxylic acids is 2. The Balaban J connectivity index is 1.91. The lowest BCUT2D eigenvalue weighted by Gasteiger charge is -2.32. The van der Waals surface area contributed by atoms with Crippen LogP contribution in [0.3, 0.4) is 0 Å². The lowest BCUT2D eigenvalue weighted by molar-refractivity contribution is -0.139. The number of nitrogens with one attached hydrogen (secondary N) is 1. The van der Waals surface area contributed by atoms with E-state index in [0.717, 1.165) is 27.0 Å². The van der Waals surface area contributed by atoms with Crippen molar-refractivity contribution in [2.75, 3.05) is 23.9 Å². The molecule has 0 saturated heterocycles. The second-order valence-corrected chi connectivity index (χ2v) is 11.3. The Morgan fingerprint density at radius 1 is 1.11 bits per heavy atom. The van der Waals surface area contributed by atoms with Crippen LogP contribution in [0.5, 0.6) is 11.5 Å². The van der Waals surface area contributed by atoms with Gasteiger partial charge in [-0.05, 0) is 50.1 Å². The summed E-state index contributed by atoms with van der Waals surface area (Å²) >= 11 is 3.43. The highest BCUT2D eigenvalue weighted by Crippen LogP contribution is 2.36. The molecule has 1 heterocycles. The summed E-state index contributed by atoms with van der Waals surface area (Å²) in [6.07, 6.45) is 1.77. The van der Waals surface area contributed by atoms with Crippen molar-refractivity contribution in [1.29, 1.82) is 0 Å². The maximum absolute atomic E-state index is 13.6. The first kappa shape index (κ1) is 26.8. The van der Waals surface area contributed by atoms with Gasteiger partial charge in [0.15, 0.2) is 11.5 Å². The molecule has 0 aromatic heterocycles. The number of hydrogen-bond donors (Lipinski definition) is 1. The lowest BCUT2D eigenvalue weighted by atomic mass is 10.1. The summed E-state index contributed by atoms with van der Waals surface area (Å²) in [7, 11) is -3.83. The third-order valence-corrected chi connectivity index (χ3v) is 7.37. The third-order valence-electron chi connectivity index (χ3n) is 5.73. The normalized spacial score (nSPS) is 14.2. The Kier molecular flexibility index (Phi) is 8.65. The minimum atomic E-state index is -3.83. The summed E-state index contributed by atoms with van der Waals surface area (Å²) in [5.74, 6) is 0.0765. The molecule has 0 spiro atoms. The largest absolute Gasteiger partial charge is 0.454 e. The van der Waals surface area contributed by atoms with Gasteiger partial charge in [-0.1, -0.05) is 35.0 Å². The lowest BCUT2D eigenvalue weighted by Crippen LogP contribution is -2.52. The van der Waals surface area contributed by atoms with E-state index in [1.165, 1.54) is 11.0 Å². The molecule has 2 atom stereocenters. The van der Waals surface area contributed by atoms with Gasteiger partial charge in [0.25, 0.3) is 0 Å². The van der Waals surface area contributed by atoms with Crippen molar-refractivity contribution in [1.82, 2.24) is 10.2 Å². The first-order chi connectivity index (χ1) is 16.5. The molecular formula is C24H30BrN3O6S. The summed E-state index contributed by atoms with van der Waals surface area (Å²) in [4.78, 5) is 27.9. The molecular weight excluding hydrogens is 538 g/mol. The van der Waals surface area contributed by atoms with E-state index in [2.05, 4.69) is 21.2 Å². The van der Waals surface area contributed by atoms with Gasteiger partial charge in [-0.2, -0.15) is 0 Å². The van der Waals surface area contributed by atoms with Gasteiger partial charge in [-0.15, -0.1) is 0 Å². The second kappa shape index (κ2) is 11.3. The van der Waals surface area contributed by atoms with Crippen molar-refractivity contribution in [3.8, 4) is 11.5 Å². The van der Waals surface area contributed by atoms with E-state index in [0.29, 0.717) is 11.5 Å². The van der Waals surface area contributed by atoms with E-state index >= 15 is 0 Å². The first-order valence-corrected chi connectivity index (χ1v) is 13.9. The zero-order chi connectivity index (χ0) is 25.8. The highest BCUT2D eigenvalue weighted by atomic mass is 79.9. The number of nitrogens with zero attached hydrogens (tertiary/aromatic N) is 2. The fourth-order valence-electron chi connectivity index (χ4n) is 3.53. The molecule has 0 radical (unpaired) electrons. The van der Waals surface area contributed by atoms with Gasteiger partial charge >= 0.3 is 0 Å². The van der Waals surface area contributed by atoms with Gasteiger partial charge in [-0.25, -0.2) is 8.42 Å². The highest BCUT2D eigenvalue weighted by Gasteiger charge is 2.31. The summed E-state index contributed by atoms with van der Waals surface area (Å²) in [6, 6.07) is 11.2. The highest BCUT2D eigenvalue weighted by molar-refractivity contribution is 9.10. The van der Waals surface area contributed by atoms with Gasteiger partial charge in [0.1, 0.15) is 12.6 Å². The van der Waals surface area contributed by atoms with Crippen molar-refractivity contribution in [2.45, 2.75) is 45.8 Å².